The van der Waals surface area contributed by atoms with Crippen molar-refractivity contribution in [2.75, 3.05) is 26.2 Å². The first-order valence-corrected chi connectivity index (χ1v) is 9.56. The molecule has 1 fully saturated rings. The molecule has 0 saturated carbocycles. The minimum Gasteiger partial charge on any atom is -0.444 e. The lowest BCUT2D eigenvalue weighted by Gasteiger charge is -2.34. The highest BCUT2D eigenvalue weighted by Crippen LogP contribution is 2.19. The molecule has 1 heterocycles. The minimum atomic E-state index is -0.424. The summed E-state index contributed by atoms with van der Waals surface area (Å²) in [4.78, 5) is 14.0. The zero-order valence-electron chi connectivity index (χ0n) is 15.0. The van der Waals surface area contributed by atoms with Crippen molar-refractivity contribution >= 4 is 22.0 Å². The van der Waals surface area contributed by atoms with E-state index in [1.165, 1.54) is 12.0 Å². The lowest BCUT2D eigenvalue weighted by Crippen LogP contribution is -2.45. The number of rotatable bonds is 5. The molecule has 0 aliphatic carbocycles. The molecule has 134 valence electrons. The van der Waals surface area contributed by atoms with Crippen LogP contribution in [0.25, 0.3) is 0 Å². The average molecular weight is 397 g/mol. The van der Waals surface area contributed by atoms with Gasteiger partial charge in [-0.1, -0.05) is 28.1 Å². The van der Waals surface area contributed by atoms with Gasteiger partial charge in [-0.3, -0.25) is 0 Å². The topological polar surface area (TPSA) is 41.6 Å². The van der Waals surface area contributed by atoms with E-state index >= 15 is 0 Å². The van der Waals surface area contributed by atoms with Crippen molar-refractivity contribution in [3.8, 4) is 0 Å². The highest BCUT2D eigenvalue weighted by molar-refractivity contribution is 9.10. The Morgan fingerprint density at radius 1 is 1.42 bits per heavy atom. The SMILES string of the molecule is CC(C)(C)OC(=O)N1CCCC(CNCCc2cccc(Br)c2)C1. The van der Waals surface area contributed by atoms with Crippen LogP contribution in [0.3, 0.4) is 0 Å². The Balaban J connectivity index is 1.70. The van der Waals surface area contributed by atoms with E-state index in [4.69, 9.17) is 4.74 Å². The molecule has 0 aromatic heterocycles. The molecule has 1 aliphatic heterocycles. The van der Waals surface area contributed by atoms with Gasteiger partial charge >= 0.3 is 6.09 Å². The van der Waals surface area contributed by atoms with Gasteiger partial charge < -0.3 is 15.0 Å². The number of hydrogen-bond acceptors (Lipinski definition) is 3. The quantitative estimate of drug-likeness (QED) is 0.757. The summed E-state index contributed by atoms with van der Waals surface area (Å²) >= 11 is 3.50. The van der Waals surface area contributed by atoms with E-state index in [0.717, 1.165) is 43.5 Å². The number of hydrogen-bond donors (Lipinski definition) is 1. The average Bonchev–Trinajstić information content (AvgIpc) is 2.50. The fourth-order valence-corrected chi connectivity index (χ4v) is 3.40. The maximum absolute atomic E-state index is 12.2. The maximum atomic E-state index is 12.2. The third-order valence-electron chi connectivity index (χ3n) is 4.08. The lowest BCUT2D eigenvalue weighted by atomic mass is 9.98. The number of carbonyl (C=O) groups excluding carboxylic acids is 1. The summed E-state index contributed by atoms with van der Waals surface area (Å²) in [7, 11) is 0. The van der Waals surface area contributed by atoms with E-state index in [1.807, 2.05) is 31.7 Å². The normalized spacial score (nSPS) is 18.5. The van der Waals surface area contributed by atoms with Crippen LogP contribution in [0.15, 0.2) is 28.7 Å². The second-order valence-electron chi connectivity index (χ2n) is 7.52. The summed E-state index contributed by atoms with van der Waals surface area (Å²) < 4.78 is 6.61. The molecule has 4 nitrogen and oxygen atoms in total. The monoisotopic (exact) mass is 396 g/mol. The second kappa shape index (κ2) is 8.86. The van der Waals surface area contributed by atoms with Gasteiger partial charge in [-0.2, -0.15) is 0 Å². The molecular formula is C19H29BrN2O2. The van der Waals surface area contributed by atoms with Crippen molar-refractivity contribution < 1.29 is 9.53 Å². The largest absolute Gasteiger partial charge is 0.444 e. The van der Waals surface area contributed by atoms with Crippen LogP contribution in [0.2, 0.25) is 0 Å². The third kappa shape index (κ3) is 6.81. The van der Waals surface area contributed by atoms with Gasteiger partial charge in [-0.05, 0) is 76.7 Å². The standard InChI is InChI=1S/C19H29BrN2O2/c1-19(2,3)24-18(23)22-11-5-7-16(14-22)13-21-10-9-15-6-4-8-17(20)12-15/h4,6,8,12,16,21H,5,7,9-11,13-14H2,1-3H3. The summed E-state index contributed by atoms with van der Waals surface area (Å²) in [5.41, 5.74) is 0.905. The molecule has 1 aromatic carbocycles. The molecule has 1 saturated heterocycles. The van der Waals surface area contributed by atoms with E-state index in [2.05, 4.69) is 39.4 Å². The molecule has 1 atom stereocenters. The van der Waals surface area contributed by atoms with E-state index in [-0.39, 0.29) is 6.09 Å². The number of carbonyl (C=O) groups is 1. The Bertz CT molecular complexity index is 542. The van der Waals surface area contributed by atoms with E-state index in [0.29, 0.717) is 5.92 Å². The number of ether oxygens (including phenoxy) is 1. The first-order chi connectivity index (χ1) is 11.3. The first kappa shape index (κ1) is 19.3. The molecule has 2 rings (SSSR count). The van der Waals surface area contributed by atoms with Crippen LogP contribution in [0.4, 0.5) is 4.79 Å². The Labute approximate surface area is 154 Å². The van der Waals surface area contributed by atoms with Gasteiger partial charge in [-0.25, -0.2) is 4.79 Å². The van der Waals surface area contributed by atoms with E-state index < -0.39 is 5.60 Å². The van der Waals surface area contributed by atoms with Crippen LogP contribution in [0.1, 0.15) is 39.2 Å². The van der Waals surface area contributed by atoms with Gasteiger partial charge in [-0.15, -0.1) is 0 Å². The summed E-state index contributed by atoms with van der Waals surface area (Å²) in [5, 5.41) is 3.54. The van der Waals surface area contributed by atoms with Crippen LogP contribution in [-0.2, 0) is 11.2 Å². The van der Waals surface area contributed by atoms with Crippen LogP contribution in [-0.4, -0.2) is 42.8 Å². The molecule has 0 spiro atoms. The molecule has 24 heavy (non-hydrogen) atoms. The molecule has 5 heteroatoms. The number of nitrogens with one attached hydrogen (secondary N) is 1. The van der Waals surface area contributed by atoms with E-state index in [9.17, 15) is 4.79 Å². The van der Waals surface area contributed by atoms with Crippen molar-refractivity contribution in [2.45, 2.75) is 45.6 Å². The molecule has 1 unspecified atom stereocenters. The highest BCUT2D eigenvalue weighted by Gasteiger charge is 2.27. The van der Waals surface area contributed by atoms with E-state index in [1.54, 1.807) is 0 Å². The van der Waals surface area contributed by atoms with Crippen LogP contribution >= 0.6 is 15.9 Å². The van der Waals surface area contributed by atoms with Crippen molar-refractivity contribution in [1.29, 1.82) is 0 Å². The zero-order chi connectivity index (χ0) is 17.6. The lowest BCUT2D eigenvalue weighted by molar-refractivity contribution is 0.0166. The van der Waals surface area contributed by atoms with Crippen LogP contribution in [0.5, 0.6) is 0 Å². The summed E-state index contributed by atoms with van der Waals surface area (Å²) in [6.45, 7) is 9.25. The van der Waals surface area contributed by atoms with Crippen molar-refractivity contribution in [3.05, 3.63) is 34.3 Å². The third-order valence-corrected chi connectivity index (χ3v) is 4.58. The first-order valence-electron chi connectivity index (χ1n) is 8.76. The number of halogens is 1. The Kier molecular flexibility index (Phi) is 7.11. The summed E-state index contributed by atoms with van der Waals surface area (Å²) in [6, 6.07) is 8.42. The number of piperidine rings is 1. The molecule has 1 N–H and O–H groups in total. The minimum absolute atomic E-state index is 0.179. The van der Waals surface area contributed by atoms with Gasteiger partial charge in [0.1, 0.15) is 5.60 Å². The smallest absolute Gasteiger partial charge is 0.410 e. The van der Waals surface area contributed by atoms with Crippen molar-refractivity contribution in [3.63, 3.8) is 0 Å². The number of benzene rings is 1. The molecule has 1 amide bonds. The molecular weight excluding hydrogens is 368 g/mol. The number of likely N-dealkylation sites (tertiary alicyclic amines) is 1. The molecule has 1 aliphatic rings. The van der Waals surface area contributed by atoms with Crippen molar-refractivity contribution in [1.82, 2.24) is 10.2 Å². The number of nitrogens with zero attached hydrogens (tertiary/aromatic N) is 1. The van der Waals surface area contributed by atoms with Gasteiger partial charge in [0.2, 0.25) is 0 Å². The Hall–Kier alpha value is -1.07. The molecule has 0 radical (unpaired) electrons. The predicted octanol–water partition coefficient (Wildman–Crippen LogP) is 4.23. The van der Waals surface area contributed by atoms with Crippen LogP contribution in [0, 0.1) is 5.92 Å². The van der Waals surface area contributed by atoms with Gasteiger partial charge in [0.25, 0.3) is 0 Å². The van der Waals surface area contributed by atoms with Crippen LogP contribution < -0.4 is 5.32 Å². The molecule has 1 aromatic rings. The van der Waals surface area contributed by atoms with Gasteiger partial charge in [0.05, 0.1) is 0 Å². The highest BCUT2D eigenvalue weighted by atomic mass is 79.9. The Morgan fingerprint density at radius 3 is 2.92 bits per heavy atom. The summed E-state index contributed by atoms with van der Waals surface area (Å²) in [5.74, 6) is 0.508. The fraction of sp³-hybridized carbons (Fsp3) is 0.632. The Morgan fingerprint density at radius 2 is 2.21 bits per heavy atom. The predicted molar refractivity (Wildman–Crippen MR) is 101 cm³/mol. The number of amides is 1. The second-order valence-corrected chi connectivity index (χ2v) is 8.43. The zero-order valence-corrected chi connectivity index (χ0v) is 16.6. The fourth-order valence-electron chi connectivity index (χ4n) is 2.96. The van der Waals surface area contributed by atoms with Gasteiger partial charge in [0.15, 0.2) is 0 Å². The maximum Gasteiger partial charge on any atom is 0.410 e. The molecule has 0 bridgehead atoms. The summed E-state index contributed by atoms with van der Waals surface area (Å²) in [6.07, 6.45) is 3.06. The van der Waals surface area contributed by atoms with Gasteiger partial charge in [0, 0.05) is 17.6 Å². The van der Waals surface area contributed by atoms with Crippen molar-refractivity contribution in [2.24, 2.45) is 5.92 Å².